The van der Waals surface area contributed by atoms with Crippen molar-refractivity contribution in [1.82, 2.24) is 0 Å². The van der Waals surface area contributed by atoms with E-state index in [1.54, 1.807) is 66.7 Å². The number of nitro benzene ring substituents is 1. The van der Waals surface area contributed by atoms with Crippen LogP contribution in [0.3, 0.4) is 0 Å². The van der Waals surface area contributed by atoms with Crippen molar-refractivity contribution in [3.63, 3.8) is 0 Å². The average Bonchev–Trinajstić information content (AvgIpc) is 2.72. The maximum Gasteiger partial charge on any atom is 0.278 e. The molecule has 0 bridgehead atoms. The molecule has 0 aliphatic heterocycles. The maximum absolute atomic E-state index is 12.8. The monoisotopic (exact) mass is 357 g/mol. The minimum absolute atomic E-state index is 0.0768. The highest BCUT2D eigenvalue weighted by Gasteiger charge is 2.16. The Morgan fingerprint density at radius 2 is 1.37 bits per heavy atom. The van der Waals surface area contributed by atoms with Crippen LogP contribution in [0.1, 0.15) is 21.5 Å². The lowest BCUT2D eigenvalue weighted by atomic mass is 10.0. The fourth-order valence-corrected chi connectivity index (χ4v) is 2.47. The van der Waals surface area contributed by atoms with Crippen molar-refractivity contribution >= 4 is 23.4 Å². The fourth-order valence-electron chi connectivity index (χ4n) is 2.47. The molecule has 6 heteroatoms. The normalized spacial score (nSPS) is 11.5. The van der Waals surface area contributed by atoms with Crippen LogP contribution >= 0.6 is 0 Å². The van der Waals surface area contributed by atoms with Crippen molar-refractivity contribution in [2.24, 2.45) is 10.2 Å². The second-order valence-electron chi connectivity index (χ2n) is 5.57. The topological polar surface area (TPSA) is 84.9 Å². The van der Waals surface area contributed by atoms with Gasteiger partial charge in [-0.3, -0.25) is 14.9 Å². The summed E-state index contributed by atoms with van der Waals surface area (Å²) >= 11 is 0. The van der Waals surface area contributed by atoms with Gasteiger partial charge >= 0.3 is 0 Å². The van der Waals surface area contributed by atoms with E-state index in [1.165, 1.54) is 12.3 Å². The first-order valence-corrected chi connectivity index (χ1v) is 8.16. The third-order valence-corrected chi connectivity index (χ3v) is 3.79. The van der Waals surface area contributed by atoms with Crippen molar-refractivity contribution in [3.05, 3.63) is 112 Å². The molecule has 0 aliphatic rings. The van der Waals surface area contributed by atoms with Crippen LogP contribution in [0.2, 0.25) is 0 Å². The number of hydrogen-bond acceptors (Lipinski definition) is 5. The van der Waals surface area contributed by atoms with Crippen LogP contribution in [0.15, 0.2) is 95.1 Å². The van der Waals surface area contributed by atoms with E-state index in [4.69, 9.17) is 0 Å². The Bertz CT molecular complexity index is 1010. The smallest absolute Gasteiger partial charge is 0.278 e. The summed E-state index contributed by atoms with van der Waals surface area (Å²) in [5.74, 6) is -0.276. The van der Waals surface area contributed by atoms with E-state index >= 15 is 0 Å². The Hall–Kier alpha value is -3.93. The molecule has 0 saturated heterocycles. The van der Waals surface area contributed by atoms with Gasteiger partial charge in [0.2, 0.25) is 5.78 Å². The molecule has 132 valence electrons. The van der Waals surface area contributed by atoms with Gasteiger partial charge < -0.3 is 0 Å². The van der Waals surface area contributed by atoms with Gasteiger partial charge in [-0.2, -0.15) is 5.10 Å². The third kappa shape index (κ3) is 4.38. The molecule has 0 spiro atoms. The van der Waals surface area contributed by atoms with E-state index in [9.17, 15) is 14.9 Å². The van der Waals surface area contributed by atoms with Gasteiger partial charge in [-0.1, -0.05) is 72.8 Å². The van der Waals surface area contributed by atoms with Crippen LogP contribution in [-0.4, -0.2) is 22.6 Å². The van der Waals surface area contributed by atoms with E-state index in [2.05, 4.69) is 10.2 Å². The van der Waals surface area contributed by atoms with E-state index in [-0.39, 0.29) is 17.2 Å². The number of ketones is 1. The molecule has 3 rings (SSSR count). The Labute approximate surface area is 155 Å². The average molecular weight is 357 g/mol. The Morgan fingerprint density at radius 3 is 2.00 bits per heavy atom. The molecule has 0 fully saturated rings. The van der Waals surface area contributed by atoms with Crippen molar-refractivity contribution in [1.29, 1.82) is 0 Å². The number of hydrogen-bond donors (Lipinski definition) is 0. The highest BCUT2D eigenvalue weighted by Crippen LogP contribution is 2.15. The zero-order valence-electron chi connectivity index (χ0n) is 14.2. The predicted molar refractivity (Wildman–Crippen MR) is 104 cm³/mol. The van der Waals surface area contributed by atoms with Gasteiger partial charge in [-0.05, 0) is 6.07 Å². The summed E-state index contributed by atoms with van der Waals surface area (Å²) < 4.78 is 0. The number of carbonyl (C=O) groups excluding carboxylic acids is 1. The first-order valence-electron chi connectivity index (χ1n) is 8.16. The molecule has 0 N–H and O–H groups in total. The van der Waals surface area contributed by atoms with Crippen molar-refractivity contribution in [2.75, 3.05) is 0 Å². The van der Waals surface area contributed by atoms with E-state index in [0.29, 0.717) is 16.7 Å². The SMILES string of the molecule is O=C(/C(=N\N=C/c1ccccc1[N+](=O)[O-])c1ccccc1)c1ccccc1. The molecule has 3 aromatic carbocycles. The first kappa shape index (κ1) is 17.9. The minimum Gasteiger partial charge on any atom is -0.287 e. The van der Waals surface area contributed by atoms with Crippen molar-refractivity contribution < 1.29 is 9.72 Å². The molecule has 6 nitrogen and oxygen atoms in total. The van der Waals surface area contributed by atoms with Gasteiger partial charge in [0.15, 0.2) is 0 Å². The summed E-state index contributed by atoms with van der Waals surface area (Å²) in [4.78, 5) is 23.4. The third-order valence-electron chi connectivity index (χ3n) is 3.79. The molecular formula is C21H15N3O3. The number of rotatable bonds is 6. The van der Waals surface area contributed by atoms with Gasteiger partial charge in [0.1, 0.15) is 5.71 Å². The highest BCUT2D eigenvalue weighted by atomic mass is 16.6. The van der Waals surface area contributed by atoms with Gasteiger partial charge in [-0.25, -0.2) is 0 Å². The van der Waals surface area contributed by atoms with Gasteiger partial charge in [0.25, 0.3) is 5.69 Å². The minimum atomic E-state index is -0.488. The summed E-state index contributed by atoms with van der Waals surface area (Å²) in [5.41, 5.74) is 1.50. The number of nitrogens with zero attached hydrogens (tertiary/aromatic N) is 3. The standard InChI is InChI=1S/C21H15N3O3/c25-21(17-11-5-2-6-12-17)20(16-9-3-1-4-10-16)23-22-15-18-13-7-8-14-19(18)24(26)27/h1-15H/b22-15-,23-20-. The van der Waals surface area contributed by atoms with Crippen LogP contribution in [0.4, 0.5) is 5.69 Å². The molecule has 0 aliphatic carbocycles. The molecule has 0 atom stereocenters. The van der Waals surface area contributed by atoms with Crippen LogP contribution in [0, 0.1) is 10.1 Å². The van der Waals surface area contributed by atoms with Gasteiger partial charge in [0.05, 0.1) is 16.7 Å². The molecule has 0 unspecified atom stereocenters. The second-order valence-corrected chi connectivity index (χ2v) is 5.57. The van der Waals surface area contributed by atoms with E-state index in [1.807, 2.05) is 12.1 Å². The molecule has 3 aromatic rings. The molecule has 0 heterocycles. The molecule has 27 heavy (non-hydrogen) atoms. The summed E-state index contributed by atoms with van der Waals surface area (Å²) in [5, 5.41) is 19.1. The quantitative estimate of drug-likeness (QED) is 0.285. The maximum atomic E-state index is 12.8. The van der Waals surface area contributed by atoms with Crippen LogP contribution in [0.5, 0.6) is 0 Å². The molecule has 0 saturated carbocycles. The summed E-state index contributed by atoms with van der Waals surface area (Å²) in [6.45, 7) is 0. The zero-order valence-corrected chi connectivity index (χ0v) is 14.2. The van der Waals surface area contributed by atoms with E-state index < -0.39 is 4.92 Å². The Balaban J connectivity index is 1.99. The molecule has 0 radical (unpaired) electrons. The lowest BCUT2D eigenvalue weighted by molar-refractivity contribution is -0.385. The summed E-state index contributed by atoms with van der Waals surface area (Å²) in [6, 6.07) is 23.9. The number of benzene rings is 3. The second kappa shape index (κ2) is 8.44. The molecular weight excluding hydrogens is 342 g/mol. The summed E-state index contributed by atoms with van der Waals surface area (Å²) in [7, 11) is 0. The highest BCUT2D eigenvalue weighted by molar-refractivity contribution is 6.51. The molecule has 0 aromatic heterocycles. The fraction of sp³-hybridized carbons (Fsp3) is 0. The first-order chi connectivity index (χ1) is 13.2. The van der Waals surface area contributed by atoms with Gasteiger partial charge in [-0.15, -0.1) is 5.10 Å². The lowest BCUT2D eigenvalue weighted by Crippen LogP contribution is -2.15. The largest absolute Gasteiger partial charge is 0.287 e. The number of carbonyl (C=O) groups is 1. The predicted octanol–water partition coefficient (Wildman–Crippen LogP) is 4.30. The number of para-hydroxylation sites is 1. The van der Waals surface area contributed by atoms with E-state index in [0.717, 1.165) is 0 Å². The number of nitro groups is 1. The molecule has 0 amide bonds. The van der Waals surface area contributed by atoms with Gasteiger partial charge in [0, 0.05) is 17.2 Å². The Morgan fingerprint density at radius 1 is 0.815 bits per heavy atom. The van der Waals surface area contributed by atoms with Crippen molar-refractivity contribution in [2.45, 2.75) is 0 Å². The van der Waals surface area contributed by atoms with Crippen LogP contribution in [0.25, 0.3) is 0 Å². The number of Topliss-reactive ketones (excluding diaryl/α,β-unsaturated/α-hetero) is 1. The Kier molecular flexibility index (Phi) is 5.59. The van der Waals surface area contributed by atoms with Crippen LogP contribution in [-0.2, 0) is 0 Å². The summed E-state index contributed by atoms with van der Waals surface area (Å²) in [6.07, 6.45) is 1.28. The lowest BCUT2D eigenvalue weighted by Gasteiger charge is -2.04. The van der Waals surface area contributed by atoms with Crippen LogP contribution < -0.4 is 0 Å². The van der Waals surface area contributed by atoms with Crippen molar-refractivity contribution in [3.8, 4) is 0 Å². The zero-order chi connectivity index (χ0) is 19.1.